The van der Waals surface area contributed by atoms with Crippen molar-refractivity contribution in [3.8, 4) is 0 Å². The Morgan fingerprint density at radius 3 is 2.57 bits per heavy atom. The van der Waals surface area contributed by atoms with Crippen molar-refractivity contribution in [1.82, 2.24) is 0 Å². The first-order valence-electron chi connectivity index (χ1n) is 6.64. The van der Waals surface area contributed by atoms with Crippen molar-refractivity contribution < 1.29 is 18.7 Å². The Labute approximate surface area is 146 Å². The van der Waals surface area contributed by atoms with E-state index >= 15 is 0 Å². The number of esters is 1. The van der Waals surface area contributed by atoms with Crippen molar-refractivity contribution in [3.63, 3.8) is 0 Å². The fraction of sp³-hybridized carbons (Fsp3) is 0.125. The number of halogens is 2. The number of ether oxygens (including phenoxy) is 1. The molecule has 1 aromatic heterocycles. The first-order valence-corrected chi connectivity index (χ1v) is 7.81. The summed E-state index contributed by atoms with van der Waals surface area (Å²) in [4.78, 5) is 23.6. The standard InChI is InChI=1S/C16H13BrClNO4/c1-10(16(21)19-12-4-2-11(18)3-5-12)22-15(20)9-7-13-6-8-14(17)23-13/h2-10H,1H3,(H,19,21)/b9-7+/t10-/m0/s1. The maximum absolute atomic E-state index is 11.9. The lowest BCUT2D eigenvalue weighted by Crippen LogP contribution is -2.29. The molecule has 1 N–H and O–H groups in total. The largest absolute Gasteiger partial charge is 0.450 e. The Kier molecular flexibility index (Phi) is 6.01. The van der Waals surface area contributed by atoms with Gasteiger partial charge in [-0.05, 0) is 65.3 Å². The van der Waals surface area contributed by atoms with E-state index in [0.29, 0.717) is 21.1 Å². The van der Waals surface area contributed by atoms with E-state index in [9.17, 15) is 9.59 Å². The van der Waals surface area contributed by atoms with Gasteiger partial charge < -0.3 is 14.5 Å². The number of benzene rings is 1. The third-order valence-electron chi connectivity index (χ3n) is 2.75. The molecule has 0 aliphatic rings. The van der Waals surface area contributed by atoms with Crippen LogP contribution >= 0.6 is 27.5 Å². The molecule has 1 aromatic carbocycles. The monoisotopic (exact) mass is 397 g/mol. The molecule has 0 aliphatic carbocycles. The molecular formula is C16H13BrClNO4. The van der Waals surface area contributed by atoms with Crippen LogP contribution < -0.4 is 5.32 Å². The lowest BCUT2D eigenvalue weighted by atomic mass is 10.3. The van der Waals surface area contributed by atoms with E-state index in [2.05, 4.69) is 21.2 Å². The Bertz CT molecular complexity index is 724. The molecule has 2 rings (SSSR count). The number of hydrogen-bond donors (Lipinski definition) is 1. The highest BCUT2D eigenvalue weighted by Gasteiger charge is 2.16. The smallest absolute Gasteiger partial charge is 0.331 e. The number of carbonyl (C=O) groups is 2. The minimum Gasteiger partial charge on any atom is -0.450 e. The van der Waals surface area contributed by atoms with Gasteiger partial charge >= 0.3 is 5.97 Å². The molecule has 0 fully saturated rings. The van der Waals surface area contributed by atoms with Crippen LogP contribution in [0.3, 0.4) is 0 Å². The van der Waals surface area contributed by atoms with Gasteiger partial charge in [0.1, 0.15) is 5.76 Å². The molecule has 120 valence electrons. The minimum atomic E-state index is -0.939. The molecule has 5 nitrogen and oxygen atoms in total. The summed E-state index contributed by atoms with van der Waals surface area (Å²) >= 11 is 8.92. The Morgan fingerprint density at radius 1 is 1.26 bits per heavy atom. The summed E-state index contributed by atoms with van der Waals surface area (Å²) in [5.41, 5.74) is 0.568. The predicted octanol–water partition coefficient (Wildman–Crippen LogP) is 4.28. The van der Waals surface area contributed by atoms with Crippen LogP contribution in [0.5, 0.6) is 0 Å². The molecule has 1 heterocycles. The maximum atomic E-state index is 11.9. The van der Waals surface area contributed by atoms with Gasteiger partial charge in [-0.15, -0.1) is 0 Å². The molecule has 2 aromatic rings. The van der Waals surface area contributed by atoms with Gasteiger partial charge in [0.2, 0.25) is 0 Å². The minimum absolute atomic E-state index is 0.435. The van der Waals surface area contributed by atoms with E-state index in [4.69, 9.17) is 20.8 Å². The van der Waals surface area contributed by atoms with E-state index in [1.165, 1.54) is 19.1 Å². The summed E-state index contributed by atoms with van der Waals surface area (Å²) in [5.74, 6) is -0.585. The molecule has 0 saturated carbocycles. The molecule has 0 aliphatic heterocycles. The molecule has 7 heteroatoms. The molecular weight excluding hydrogens is 386 g/mol. The number of hydrogen-bond acceptors (Lipinski definition) is 4. The Morgan fingerprint density at radius 2 is 1.96 bits per heavy atom. The highest BCUT2D eigenvalue weighted by atomic mass is 79.9. The van der Waals surface area contributed by atoms with Crippen molar-refractivity contribution in [2.75, 3.05) is 5.32 Å². The fourth-order valence-corrected chi connectivity index (χ4v) is 2.06. The first-order chi connectivity index (χ1) is 10.9. The van der Waals surface area contributed by atoms with Crippen LogP contribution in [0.15, 0.2) is 51.6 Å². The van der Waals surface area contributed by atoms with Crippen molar-refractivity contribution in [2.45, 2.75) is 13.0 Å². The molecule has 0 saturated heterocycles. The van der Waals surface area contributed by atoms with Gasteiger partial charge in [0.15, 0.2) is 10.8 Å². The van der Waals surface area contributed by atoms with E-state index < -0.39 is 18.0 Å². The molecule has 0 bridgehead atoms. The van der Waals surface area contributed by atoms with Crippen LogP contribution in [0.25, 0.3) is 6.08 Å². The van der Waals surface area contributed by atoms with Gasteiger partial charge in [-0.3, -0.25) is 4.79 Å². The average Bonchev–Trinajstić information content (AvgIpc) is 2.93. The topological polar surface area (TPSA) is 68.5 Å². The third kappa shape index (κ3) is 5.58. The summed E-state index contributed by atoms with van der Waals surface area (Å²) in [6.07, 6.45) is 1.71. The van der Waals surface area contributed by atoms with E-state index in [1.807, 2.05) is 0 Å². The van der Waals surface area contributed by atoms with Crippen LogP contribution in [0.2, 0.25) is 5.02 Å². The van der Waals surface area contributed by atoms with E-state index in [1.54, 1.807) is 36.4 Å². The summed E-state index contributed by atoms with van der Waals surface area (Å²) in [6, 6.07) is 10.0. The fourth-order valence-electron chi connectivity index (χ4n) is 1.61. The average molecular weight is 399 g/mol. The zero-order chi connectivity index (χ0) is 16.8. The van der Waals surface area contributed by atoms with Gasteiger partial charge in [-0.2, -0.15) is 0 Å². The van der Waals surface area contributed by atoms with Gasteiger partial charge in [0, 0.05) is 16.8 Å². The second kappa shape index (κ2) is 7.99. The number of amides is 1. The summed E-state index contributed by atoms with van der Waals surface area (Å²) in [5, 5.41) is 3.19. The molecule has 0 spiro atoms. The van der Waals surface area contributed by atoms with Crippen LogP contribution in [0, 0.1) is 0 Å². The molecule has 0 unspecified atom stereocenters. The van der Waals surface area contributed by atoms with Gasteiger partial charge in [0.25, 0.3) is 5.91 Å². The highest BCUT2D eigenvalue weighted by molar-refractivity contribution is 9.10. The second-order valence-electron chi connectivity index (χ2n) is 4.55. The molecule has 23 heavy (non-hydrogen) atoms. The van der Waals surface area contributed by atoms with E-state index in [0.717, 1.165) is 0 Å². The molecule has 0 radical (unpaired) electrons. The van der Waals surface area contributed by atoms with Crippen molar-refractivity contribution in [1.29, 1.82) is 0 Å². The van der Waals surface area contributed by atoms with Gasteiger partial charge in [-0.25, -0.2) is 4.79 Å². The van der Waals surface area contributed by atoms with Gasteiger partial charge in [-0.1, -0.05) is 11.6 Å². The second-order valence-corrected chi connectivity index (χ2v) is 5.77. The number of carbonyl (C=O) groups excluding carboxylic acids is 2. The predicted molar refractivity (Wildman–Crippen MR) is 91.1 cm³/mol. The number of rotatable bonds is 5. The Balaban J connectivity index is 1.86. The number of furan rings is 1. The van der Waals surface area contributed by atoms with Crippen LogP contribution in [-0.2, 0) is 14.3 Å². The van der Waals surface area contributed by atoms with Crippen LogP contribution in [0.4, 0.5) is 5.69 Å². The van der Waals surface area contributed by atoms with Crippen molar-refractivity contribution in [3.05, 3.63) is 57.9 Å². The third-order valence-corrected chi connectivity index (χ3v) is 3.43. The van der Waals surface area contributed by atoms with E-state index in [-0.39, 0.29) is 0 Å². The lowest BCUT2D eigenvalue weighted by Gasteiger charge is -2.12. The number of nitrogens with one attached hydrogen (secondary N) is 1. The summed E-state index contributed by atoms with van der Waals surface area (Å²) < 4.78 is 10.8. The summed E-state index contributed by atoms with van der Waals surface area (Å²) in [6.45, 7) is 1.49. The molecule has 1 amide bonds. The first kappa shape index (κ1) is 17.3. The normalized spacial score (nSPS) is 12.1. The van der Waals surface area contributed by atoms with Crippen molar-refractivity contribution in [2.24, 2.45) is 0 Å². The van der Waals surface area contributed by atoms with Crippen LogP contribution in [0.1, 0.15) is 12.7 Å². The van der Waals surface area contributed by atoms with Crippen LogP contribution in [-0.4, -0.2) is 18.0 Å². The molecule has 1 atom stereocenters. The highest BCUT2D eigenvalue weighted by Crippen LogP contribution is 2.15. The number of anilines is 1. The lowest BCUT2D eigenvalue weighted by molar-refractivity contribution is -0.148. The Hall–Kier alpha value is -2.05. The SMILES string of the molecule is C[C@H](OC(=O)/C=C/c1ccc(Br)o1)C(=O)Nc1ccc(Cl)cc1. The zero-order valence-corrected chi connectivity index (χ0v) is 14.4. The zero-order valence-electron chi connectivity index (χ0n) is 12.1. The summed E-state index contributed by atoms with van der Waals surface area (Å²) in [7, 11) is 0. The maximum Gasteiger partial charge on any atom is 0.331 e. The quantitative estimate of drug-likeness (QED) is 0.603. The van der Waals surface area contributed by atoms with Gasteiger partial charge in [0.05, 0.1) is 0 Å². The van der Waals surface area contributed by atoms with Crippen molar-refractivity contribution >= 4 is 51.2 Å².